The van der Waals surface area contributed by atoms with Crippen LogP contribution in [0.15, 0.2) is 18.2 Å². The summed E-state index contributed by atoms with van der Waals surface area (Å²) in [5.41, 5.74) is 2.26. The van der Waals surface area contributed by atoms with Crippen LogP contribution in [0.3, 0.4) is 0 Å². The highest BCUT2D eigenvalue weighted by molar-refractivity contribution is 6.36. The molecule has 1 aliphatic carbocycles. The van der Waals surface area contributed by atoms with E-state index in [1.54, 1.807) is 0 Å². The molecule has 0 spiro atoms. The average Bonchev–Trinajstić information content (AvgIpc) is 2.64. The summed E-state index contributed by atoms with van der Waals surface area (Å²) in [6, 6.07) is 6.39. The number of rotatable bonds is 9. The Bertz CT molecular complexity index is 680. The molecule has 182 valence electrons. The van der Waals surface area contributed by atoms with Crippen LogP contribution in [0.4, 0.5) is 0 Å². The van der Waals surface area contributed by atoms with Crippen molar-refractivity contribution in [3.05, 3.63) is 29.3 Å². The summed E-state index contributed by atoms with van der Waals surface area (Å²) in [6.07, 6.45) is 8.16. The van der Waals surface area contributed by atoms with E-state index in [1.807, 2.05) is 0 Å². The molecular weight excluding hydrogens is 395 g/mol. The minimum absolute atomic E-state index is 0.127. The van der Waals surface area contributed by atoms with E-state index in [0.29, 0.717) is 11.8 Å². The van der Waals surface area contributed by atoms with Gasteiger partial charge in [-0.2, -0.15) is 0 Å². The Morgan fingerprint density at radius 2 is 1.56 bits per heavy atom. The molecule has 1 aromatic carbocycles. The molecule has 0 saturated heterocycles. The zero-order chi connectivity index (χ0) is 24.2. The van der Waals surface area contributed by atoms with E-state index in [2.05, 4.69) is 80.5 Å². The molecule has 1 fully saturated rings. The van der Waals surface area contributed by atoms with Crippen molar-refractivity contribution in [1.82, 2.24) is 0 Å². The van der Waals surface area contributed by atoms with Gasteiger partial charge in [0.05, 0.1) is 5.60 Å². The van der Waals surface area contributed by atoms with Crippen molar-refractivity contribution in [2.75, 3.05) is 0 Å². The first-order valence-corrected chi connectivity index (χ1v) is 12.9. The van der Waals surface area contributed by atoms with Gasteiger partial charge in [-0.05, 0) is 72.3 Å². The van der Waals surface area contributed by atoms with Gasteiger partial charge in [0.25, 0.3) is 0 Å². The van der Waals surface area contributed by atoms with Crippen LogP contribution in [-0.2, 0) is 17.5 Å². The SMILES string of the molecule is CCCCC1(OB(O)Oc2c(CC(C)(C)C)cccc2CC(C)(C)C)CCC(C)C(C)C1. The van der Waals surface area contributed by atoms with Crippen LogP contribution in [0.25, 0.3) is 0 Å². The maximum absolute atomic E-state index is 11.1. The standard InChI is InChI=1S/C28H49BO3/c1-10-11-16-28(17-15-21(2)22(3)18-28)32-29(30)31-25-23(19-26(4,5)6)13-12-14-24(25)20-27(7,8)9/h12-14,21-22,30H,10-11,15-20H2,1-9H3. The van der Waals surface area contributed by atoms with Gasteiger partial charge in [-0.25, -0.2) is 0 Å². The number of benzene rings is 1. The molecule has 0 radical (unpaired) electrons. The second-order valence-corrected chi connectivity index (χ2v) is 12.9. The fourth-order valence-corrected chi connectivity index (χ4v) is 5.11. The molecule has 0 bridgehead atoms. The summed E-state index contributed by atoms with van der Waals surface area (Å²) in [5, 5.41) is 11.1. The monoisotopic (exact) mass is 444 g/mol. The van der Waals surface area contributed by atoms with Crippen LogP contribution < -0.4 is 4.65 Å². The smallest absolute Gasteiger partial charge is 0.511 e. The van der Waals surface area contributed by atoms with Gasteiger partial charge in [-0.15, -0.1) is 0 Å². The molecule has 1 saturated carbocycles. The van der Waals surface area contributed by atoms with Crippen molar-refractivity contribution in [2.45, 2.75) is 119 Å². The number of hydrogen-bond donors (Lipinski definition) is 1. The minimum Gasteiger partial charge on any atom is -0.511 e. The molecule has 0 aliphatic heterocycles. The van der Waals surface area contributed by atoms with Crippen molar-refractivity contribution < 1.29 is 14.3 Å². The van der Waals surface area contributed by atoms with Gasteiger partial charge >= 0.3 is 7.32 Å². The van der Waals surface area contributed by atoms with E-state index in [1.165, 1.54) is 0 Å². The third-order valence-corrected chi connectivity index (χ3v) is 6.90. The largest absolute Gasteiger partial charge is 0.710 e. The van der Waals surface area contributed by atoms with E-state index in [4.69, 9.17) is 9.31 Å². The van der Waals surface area contributed by atoms with E-state index in [-0.39, 0.29) is 16.4 Å². The van der Waals surface area contributed by atoms with Crippen LogP contribution in [0, 0.1) is 22.7 Å². The summed E-state index contributed by atoms with van der Waals surface area (Å²) < 4.78 is 12.7. The lowest BCUT2D eigenvalue weighted by atomic mass is 9.70. The number of unbranched alkanes of at least 4 members (excludes halogenated alkanes) is 1. The summed E-state index contributed by atoms with van der Waals surface area (Å²) in [5.74, 6) is 2.11. The molecule has 1 aromatic rings. The Morgan fingerprint density at radius 1 is 1.00 bits per heavy atom. The zero-order valence-corrected chi connectivity index (χ0v) is 22.4. The fraction of sp³-hybridized carbons (Fsp3) is 0.786. The molecule has 4 heteroatoms. The zero-order valence-electron chi connectivity index (χ0n) is 22.4. The molecule has 3 nitrogen and oxygen atoms in total. The lowest BCUT2D eigenvalue weighted by molar-refractivity contribution is -0.0426. The molecule has 0 aromatic heterocycles. The third kappa shape index (κ3) is 8.41. The Morgan fingerprint density at radius 3 is 2.03 bits per heavy atom. The summed E-state index contributed by atoms with van der Waals surface area (Å²) >= 11 is 0. The number of hydrogen-bond acceptors (Lipinski definition) is 3. The molecule has 0 heterocycles. The highest BCUT2D eigenvalue weighted by Crippen LogP contribution is 2.42. The van der Waals surface area contributed by atoms with Gasteiger partial charge in [0.1, 0.15) is 5.75 Å². The van der Waals surface area contributed by atoms with Gasteiger partial charge in [-0.1, -0.05) is 93.4 Å². The highest BCUT2D eigenvalue weighted by atomic mass is 16.7. The molecule has 3 unspecified atom stereocenters. The molecule has 1 aliphatic rings. The Balaban J connectivity index is 2.29. The van der Waals surface area contributed by atoms with Gasteiger partial charge in [0.2, 0.25) is 0 Å². The second-order valence-electron chi connectivity index (χ2n) is 12.9. The third-order valence-electron chi connectivity index (χ3n) is 6.90. The Hall–Kier alpha value is -0.995. The van der Waals surface area contributed by atoms with Crippen molar-refractivity contribution in [3.63, 3.8) is 0 Å². The van der Waals surface area contributed by atoms with Crippen molar-refractivity contribution in [1.29, 1.82) is 0 Å². The molecule has 1 N–H and O–H groups in total. The fourth-order valence-electron chi connectivity index (χ4n) is 5.11. The molecule has 32 heavy (non-hydrogen) atoms. The predicted octanol–water partition coefficient (Wildman–Crippen LogP) is 7.62. The van der Waals surface area contributed by atoms with Crippen LogP contribution in [0.5, 0.6) is 5.75 Å². The number of para-hydroxylation sites is 1. The lowest BCUT2D eigenvalue weighted by Gasteiger charge is -2.43. The molecule has 0 amide bonds. The second kappa shape index (κ2) is 11.0. The van der Waals surface area contributed by atoms with Gasteiger partial charge in [0, 0.05) is 0 Å². The first kappa shape index (κ1) is 27.3. The van der Waals surface area contributed by atoms with E-state index < -0.39 is 7.32 Å². The van der Waals surface area contributed by atoms with Crippen molar-refractivity contribution in [3.8, 4) is 5.75 Å². The van der Waals surface area contributed by atoms with Gasteiger partial charge < -0.3 is 14.3 Å². The topological polar surface area (TPSA) is 38.7 Å². The van der Waals surface area contributed by atoms with Gasteiger partial charge in [-0.3, -0.25) is 0 Å². The van der Waals surface area contributed by atoms with Crippen LogP contribution >= 0.6 is 0 Å². The Kier molecular flexibility index (Phi) is 9.33. The van der Waals surface area contributed by atoms with Crippen LogP contribution in [-0.4, -0.2) is 17.9 Å². The van der Waals surface area contributed by atoms with Crippen molar-refractivity contribution >= 4 is 7.32 Å². The Labute approximate surface area is 198 Å². The summed E-state index contributed by atoms with van der Waals surface area (Å²) in [4.78, 5) is 0. The van der Waals surface area contributed by atoms with Crippen molar-refractivity contribution in [2.24, 2.45) is 22.7 Å². The minimum atomic E-state index is -1.24. The van der Waals surface area contributed by atoms with Gasteiger partial charge in [0.15, 0.2) is 0 Å². The molecule has 3 atom stereocenters. The molecule has 2 rings (SSSR count). The van der Waals surface area contributed by atoms with Crippen LogP contribution in [0.1, 0.15) is 112 Å². The average molecular weight is 445 g/mol. The highest BCUT2D eigenvalue weighted by Gasteiger charge is 2.42. The first-order chi connectivity index (χ1) is 14.7. The summed E-state index contributed by atoms with van der Waals surface area (Å²) in [7, 11) is -1.24. The quantitative estimate of drug-likeness (QED) is 0.398. The van der Waals surface area contributed by atoms with Crippen LogP contribution in [0.2, 0.25) is 0 Å². The van der Waals surface area contributed by atoms with E-state index >= 15 is 0 Å². The maximum Gasteiger partial charge on any atom is 0.710 e. The predicted molar refractivity (Wildman–Crippen MR) is 137 cm³/mol. The van der Waals surface area contributed by atoms with E-state index in [0.717, 1.165) is 68.2 Å². The maximum atomic E-state index is 11.1. The lowest BCUT2D eigenvalue weighted by Crippen LogP contribution is -2.46. The summed E-state index contributed by atoms with van der Waals surface area (Å²) in [6.45, 7) is 20.3. The first-order valence-electron chi connectivity index (χ1n) is 12.9. The van der Waals surface area contributed by atoms with E-state index in [9.17, 15) is 5.02 Å². The molecular formula is C28H49BO3. The normalized spacial score (nSPS) is 24.4.